The third kappa shape index (κ3) is 3.13. The monoisotopic (exact) mass is 243 g/mol. The van der Waals surface area contributed by atoms with E-state index in [0.29, 0.717) is 17.0 Å². The van der Waals surface area contributed by atoms with Crippen molar-refractivity contribution in [1.82, 2.24) is 0 Å². The minimum atomic E-state index is -3.10. The number of benzene rings is 1. The highest BCUT2D eigenvalue weighted by Gasteiger charge is 2.17. The van der Waals surface area contributed by atoms with Crippen LogP contribution in [0.5, 0.6) is 5.75 Å². The number of hydrogen-bond donors (Lipinski definition) is 1. The van der Waals surface area contributed by atoms with Gasteiger partial charge >= 0.3 is 0 Å². The van der Waals surface area contributed by atoms with Crippen LogP contribution in [-0.4, -0.2) is 20.8 Å². The molecule has 0 aliphatic carbocycles. The quantitative estimate of drug-likeness (QED) is 0.815. The predicted molar refractivity (Wildman–Crippen MR) is 65.2 cm³/mol. The highest BCUT2D eigenvalue weighted by molar-refractivity contribution is 7.91. The second kappa shape index (κ2) is 4.74. The topological polar surface area (TPSA) is 69.4 Å². The lowest BCUT2D eigenvalue weighted by Gasteiger charge is -2.09. The van der Waals surface area contributed by atoms with Gasteiger partial charge in [-0.2, -0.15) is 0 Å². The second-order valence-corrected chi connectivity index (χ2v) is 6.53. The Kier molecular flexibility index (Phi) is 3.80. The molecule has 0 aromatic heterocycles. The number of nitrogens with two attached hydrogens (primary N) is 1. The summed E-state index contributed by atoms with van der Waals surface area (Å²) in [5.41, 5.74) is 6.82. The summed E-state index contributed by atoms with van der Waals surface area (Å²) in [6, 6.07) is 5.00. The van der Waals surface area contributed by atoms with Gasteiger partial charge in [0.15, 0.2) is 9.84 Å². The van der Waals surface area contributed by atoms with Crippen molar-refractivity contribution in [2.75, 3.05) is 12.8 Å². The van der Waals surface area contributed by atoms with Crippen molar-refractivity contribution >= 4 is 15.5 Å². The van der Waals surface area contributed by atoms with Gasteiger partial charge in [-0.05, 0) is 31.5 Å². The van der Waals surface area contributed by atoms with Gasteiger partial charge in [-0.15, -0.1) is 0 Å². The molecule has 16 heavy (non-hydrogen) atoms. The fraction of sp³-hybridized carbons (Fsp3) is 0.455. The maximum Gasteiger partial charge on any atom is 0.156 e. The summed E-state index contributed by atoms with van der Waals surface area (Å²) < 4.78 is 28.5. The van der Waals surface area contributed by atoms with E-state index < -0.39 is 9.84 Å². The van der Waals surface area contributed by atoms with E-state index in [9.17, 15) is 8.42 Å². The van der Waals surface area contributed by atoms with Crippen LogP contribution in [0, 0.1) is 0 Å². The van der Waals surface area contributed by atoms with Crippen molar-refractivity contribution in [2.45, 2.75) is 24.9 Å². The molecule has 0 amide bonds. The molecular weight excluding hydrogens is 226 g/mol. The molecule has 0 fully saturated rings. The fourth-order valence-electron chi connectivity index (χ4n) is 1.29. The van der Waals surface area contributed by atoms with Gasteiger partial charge in [0.1, 0.15) is 5.75 Å². The van der Waals surface area contributed by atoms with Crippen LogP contribution in [0.15, 0.2) is 18.2 Å². The van der Waals surface area contributed by atoms with E-state index in [2.05, 4.69) is 0 Å². The Labute approximate surface area is 96.3 Å². The van der Waals surface area contributed by atoms with Crippen molar-refractivity contribution in [3.63, 3.8) is 0 Å². The van der Waals surface area contributed by atoms with Crippen molar-refractivity contribution in [2.24, 2.45) is 0 Å². The summed E-state index contributed by atoms with van der Waals surface area (Å²) in [6.45, 7) is 3.33. The van der Waals surface area contributed by atoms with Gasteiger partial charge in [0.25, 0.3) is 0 Å². The van der Waals surface area contributed by atoms with E-state index in [-0.39, 0.29) is 11.0 Å². The summed E-state index contributed by atoms with van der Waals surface area (Å²) in [5, 5.41) is -0.389. The molecule has 0 radical (unpaired) electrons. The second-order valence-electron chi connectivity index (χ2n) is 3.97. The number of anilines is 1. The SMILES string of the molecule is COc1cc(N)cc(CS(=O)(=O)C(C)C)c1. The summed E-state index contributed by atoms with van der Waals surface area (Å²) in [5.74, 6) is 0.570. The zero-order chi connectivity index (χ0) is 12.3. The summed E-state index contributed by atoms with van der Waals surface area (Å²) in [4.78, 5) is 0. The van der Waals surface area contributed by atoms with E-state index in [0.717, 1.165) is 0 Å². The third-order valence-electron chi connectivity index (χ3n) is 2.31. The number of methoxy groups -OCH3 is 1. The molecule has 1 aromatic rings. The molecule has 0 atom stereocenters. The zero-order valence-electron chi connectivity index (χ0n) is 9.73. The third-order valence-corrected chi connectivity index (χ3v) is 4.48. The minimum absolute atomic E-state index is 0.00787. The number of sulfone groups is 1. The van der Waals surface area contributed by atoms with E-state index >= 15 is 0 Å². The Morgan fingerprint density at radius 1 is 1.31 bits per heavy atom. The summed E-state index contributed by atoms with van der Waals surface area (Å²) in [7, 11) is -1.58. The van der Waals surface area contributed by atoms with Crippen LogP contribution in [0.4, 0.5) is 5.69 Å². The van der Waals surface area contributed by atoms with Crippen LogP contribution in [0.2, 0.25) is 0 Å². The van der Waals surface area contributed by atoms with Crippen molar-refractivity contribution in [3.05, 3.63) is 23.8 Å². The molecule has 4 nitrogen and oxygen atoms in total. The predicted octanol–water partition coefficient (Wildman–Crippen LogP) is 1.60. The van der Waals surface area contributed by atoms with Gasteiger partial charge in [-0.25, -0.2) is 8.42 Å². The molecule has 1 aromatic carbocycles. The first-order valence-electron chi connectivity index (χ1n) is 5.00. The maximum atomic E-state index is 11.7. The Balaban J connectivity index is 3.02. The molecule has 1 rings (SSSR count). The first-order valence-corrected chi connectivity index (χ1v) is 6.71. The average Bonchev–Trinajstić information content (AvgIpc) is 2.15. The van der Waals surface area contributed by atoms with Crippen molar-refractivity contribution in [3.8, 4) is 5.75 Å². The molecule has 0 aliphatic rings. The molecule has 0 aliphatic heterocycles. The lowest BCUT2D eigenvalue weighted by molar-refractivity contribution is 0.414. The Morgan fingerprint density at radius 3 is 2.44 bits per heavy atom. The Bertz CT molecular complexity index is 466. The molecule has 5 heteroatoms. The smallest absolute Gasteiger partial charge is 0.156 e. The number of hydrogen-bond acceptors (Lipinski definition) is 4. The molecule has 0 heterocycles. The lowest BCUT2D eigenvalue weighted by atomic mass is 10.2. The highest BCUT2D eigenvalue weighted by Crippen LogP contribution is 2.21. The molecule has 0 saturated heterocycles. The summed E-state index contributed by atoms with van der Waals surface area (Å²) >= 11 is 0. The Morgan fingerprint density at radius 2 is 1.94 bits per heavy atom. The van der Waals surface area contributed by atoms with Gasteiger partial charge in [-0.1, -0.05) is 0 Å². The van der Waals surface area contributed by atoms with Crippen molar-refractivity contribution < 1.29 is 13.2 Å². The van der Waals surface area contributed by atoms with Gasteiger partial charge in [-0.3, -0.25) is 0 Å². The number of rotatable bonds is 4. The first kappa shape index (κ1) is 12.8. The van der Waals surface area contributed by atoms with E-state index in [1.807, 2.05) is 0 Å². The van der Waals surface area contributed by atoms with E-state index in [1.54, 1.807) is 32.0 Å². The van der Waals surface area contributed by atoms with Crippen LogP contribution in [0.25, 0.3) is 0 Å². The maximum absolute atomic E-state index is 11.7. The van der Waals surface area contributed by atoms with E-state index in [4.69, 9.17) is 10.5 Å². The molecule has 0 unspecified atom stereocenters. The van der Waals surface area contributed by atoms with Gasteiger partial charge in [0.2, 0.25) is 0 Å². The normalized spacial score (nSPS) is 11.8. The number of nitrogen functional groups attached to an aromatic ring is 1. The zero-order valence-corrected chi connectivity index (χ0v) is 10.5. The van der Waals surface area contributed by atoms with Crippen LogP contribution < -0.4 is 10.5 Å². The average molecular weight is 243 g/mol. The van der Waals surface area contributed by atoms with Gasteiger partial charge in [0.05, 0.1) is 18.1 Å². The summed E-state index contributed by atoms with van der Waals surface area (Å²) in [6.07, 6.45) is 0. The minimum Gasteiger partial charge on any atom is -0.497 e. The fourth-order valence-corrected chi connectivity index (χ4v) is 2.25. The van der Waals surface area contributed by atoms with Crippen molar-refractivity contribution in [1.29, 1.82) is 0 Å². The van der Waals surface area contributed by atoms with Crippen LogP contribution in [0.1, 0.15) is 19.4 Å². The molecule has 90 valence electrons. The van der Waals surface area contributed by atoms with Gasteiger partial charge < -0.3 is 10.5 Å². The molecule has 0 spiro atoms. The van der Waals surface area contributed by atoms with E-state index in [1.165, 1.54) is 7.11 Å². The lowest BCUT2D eigenvalue weighted by Crippen LogP contribution is -2.16. The highest BCUT2D eigenvalue weighted by atomic mass is 32.2. The van der Waals surface area contributed by atoms with Gasteiger partial charge in [0, 0.05) is 11.8 Å². The first-order chi connectivity index (χ1) is 7.35. The molecule has 2 N–H and O–H groups in total. The Hall–Kier alpha value is -1.23. The van der Waals surface area contributed by atoms with Crippen LogP contribution >= 0.6 is 0 Å². The molecule has 0 bridgehead atoms. The van der Waals surface area contributed by atoms with Crippen LogP contribution in [-0.2, 0) is 15.6 Å². The standard InChI is InChI=1S/C11H17NO3S/c1-8(2)16(13,14)7-9-4-10(12)6-11(5-9)15-3/h4-6,8H,7,12H2,1-3H3. The largest absolute Gasteiger partial charge is 0.497 e. The molecular formula is C11H17NO3S. The molecule has 0 saturated carbocycles. The number of ether oxygens (including phenoxy) is 1. The van der Waals surface area contributed by atoms with Crippen LogP contribution in [0.3, 0.4) is 0 Å².